The van der Waals surface area contributed by atoms with Crippen LogP contribution in [0.25, 0.3) is 0 Å². The van der Waals surface area contributed by atoms with E-state index in [4.69, 9.17) is 9.47 Å². The number of ether oxygens (including phenoxy) is 2. The molecule has 1 aromatic rings. The number of halogens is 1. The largest absolute Gasteiger partial charge is 0.491 e. The molecule has 1 fully saturated rings. The average molecular weight is 253 g/mol. The van der Waals surface area contributed by atoms with E-state index in [9.17, 15) is 4.39 Å². The summed E-state index contributed by atoms with van der Waals surface area (Å²) in [5.41, 5.74) is 0. The highest BCUT2D eigenvalue weighted by atomic mass is 19.1. The summed E-state index contributed by atoms with van der Waals surface area (Å²) < 4.78 is 24.2. The van der Waals surface area contributed by atoms with Crippen LogP contribution < -0.4 is 4.74 Å². The van der Waals surface area contributed by atoms with Crippen LogP contribution in [0.1, 0.15) is 13.8 Å². The maximum atomic E-state index is 13.0. The van der Waals surface area contributed by atoms with Gasteiger partial charge in [-0.05, 0) is 26.0 Å². The zero-order valence-electron chi connectivity index (χ0n) is 10.9. The van der Waals surface area contributed by atoms with Gasteiger partial charge in [0.15, 0.2) is 0 Å². The molecule has 1 saturated heterocycles. The molecule has 4 heteroatoms. The molecule has 1 atom stereocenters. The molecule has 1 aliphatic heterocycles. The Labute approximate surface area is 107 Å². The predicted molar refractivity (Wildman–Crippen MR) is 68.3 cm³/mol. The van der Waals surface area contributed by atoms with E-state index in [0.29, 0.717) is 18.4 Å². The minimum atomic E-state index is -0.277. The topological polar surface area (TPSA) is 21.7 Å². The van der Waals surface area contributed by atoms with E-state index in [2.05, 4.69) is 18.7 Å². The van der Waals surface area contributed by atoms with Crippen molar-refractivity contribution in [1.29, 1.82) is 0 Å². The van der Waals surface area contributed by atoms with Crippen LogP contribution >= 0.6 is 0 Å². The van der Waals surface area contributed by atoms with Crippen LogP contribution in [0.3, 0.4) is 0 Å². The van der Waals surface area contributed by atoms with Crippen LogP contribution in [0, 0.1) is 5.82 Å². The Kier molecular flexibility index (Phi) is 4.55. The van der Waals surface area contributed by atoms with Crippen LogP contribution in [0.2, 0.25) is 0 Å². The number of rotatable bonds is 4. The molecule has 0 amide bonds. The summed E-state index contributed by atoms with van der Waals surface area (Å²) in [7, 11) is 0. The van der Waals surface area contributed by atoms with Crippen LogP contribution in [0.4, 0.5) is 4.39 Å². The first-order valence-electron chi connectivity index (χ1n) is 6.39. The molecule has 0 bridgehead atoms. The first-order chi connectivity index (χ1) is 8.65. The Balaban J connectivity index is 1.83. The lowest BCUT2D eigenvalue weighted by molar-refractivity contribution is -0.0564. The molecule has 100 valence electrons. The monoisotopic (exact) mass is 253 g/mol. The van der Waals surface area contributed by atoms with Crippen molar-refractivity contribution in [1.82, 2.24) is 4.90 Å². The minimum Gasteiger partial charge on any atom is -0.491 e. The Morgan fingerprint density at radius 3 is 3.06 bits per heavy atom. The summed E-state index contributed by atoms with van der Waals surface area (Å²) in [6.07, 6.45) is 0.0596. The molecular formula is C14H20FNO2. The molecule has 2 rings (SSSR count). The van der Waals surface area contributed by atoms with Crippen molar-refractivity contribution < 1.29 is 13.9 Å². The second kappa shape index (κ2) is 6.16. The highest BCUT2D eigenvalue weighted by Gasteiger charge is 2.22. The summed E-state index contributed by atoms with van der Waals surface area (Å²) in [5, 5.41) is 0. The first-order valence-corrected chi connectivity index (χ1v) is 6.39. The van der Waals surface area contributed by atoms with Crippen LogP contribution in [0.15, 0.2) is 24.3 Å². The smallest absolute Gasteiger partial charge is 0.126 e. The summed E-state index contributed by atoms with van der Waals surface area (Å²) in [4.78, 5) is 2.36. The van der Waals surface area contributed by atoms with Crippen LogP contribution in [-0.2, 0) is 4.74 Å². The van der Waals surface area contributed by atoms with Gasteiger partial charge in [0.25, 0.3) is 0 Å². The molecule has 1 heterocycles. The van der Waals surface area contributed by atoms with Gasteiger partial charge in [-0.15, -0.1) is 0 Å². The fourth-order valence-corrected chi connectivity index (χ4v) is 2.06. The lowest BCUT2D eigenvalue weighted by Crippen LogP contribution is -2.47. The molecule has 3 nitrogen and oxygen atoms in total. The Hall–Kier alpha value is -1.13. The molecule has 1 aromatic carbocycles. The van der Waals surface area contributed by atoms with Crippen molar-refractivity contribution >= 4 is 0 Å². The second-order valence-corrected chi connectivity index (χ2v) is 4.85. The van der Waals surface area contributed by atoms with Crippen molar-refractivity contribution in [3.8, 4) is 5.75 Å². The summed E-state index contributed by atoms with van der Waals surface area (Å²) in [5.74, 6) is 0.279. The minimum absolute atomic E-state index is 0.0596. The fraction of sp³-hybridized carbons (Fsp3) is 0.571. The molecule has 0 aliphatic carbocycles. The molecule has 1 unspecified atom stereocenters. The number of hydrogen-bond donors (Lipinski definition) is 0. The normalized spacial score (nSPS) is 21.2. The van der Waals surface area contributed by atoms with E-state index in [1.807, 2.05) is 0 Å². The zero-order valence-corrected chi connectivity index (χ0v) is 10.9. The molecular weight excluding hydrogens is 233 g/mol. The highest BCUT2D eigenvalue weighted by molar-refractivity contribution is 5.22. The quantitative estimate of drug-likeness (QED) is 0.822. The standard InChI is InChI=1S/C14H20FNO2/c1-11(2)16-6-7-17-14(9-16)10-18-13-5-3-4-12(15)8-13/h3-5,8,11,14H,6-7,9-10H2,1-2H3. The lowest BCUT2D eigenvalue weighted by Gasteiger charge is -2.35. The van der Waals surface area contributed by atoms with Crippen molar-refractivity contribution in [3.63, 3.8) is 0 Å². The third-order valence-electron chi connectivity index (χ3n) is 3.13. The Morgan fingerprint density at radius 1 is 1.50 bits per heavy atom. The van der Waals surface area contributed by atoms with Crippen molar-refractivity contribution in [2.45, 2.75) is 26.0 Å². The van der Waals surface area contributed by atoms with Crippen LogP contribution in [0.5, 0.6) is 5.75 Å². The lowest BCUT2D eigenvalue weighted by atomic mass is 10.2. The summed E-state index contributed by atoms with van der Waals surface area (Å²) >= 11 is 0. The van der Waals surface area contributed by atoms with Gasteiger partial charge < -0.3 is 9.47 Å². The molecule has 1 aliphatic rings. The van der Waals surface area contributed by atoms with Crippen molar-refractivity contribution in [2.75, 3.05) is 26.3 Å². The van der Waals surface area contributed by atoms with Gasteiger partial charge in [-0.1, -0.05) is 6.07 Å². The van der Waals surface area contributed by atoms with E-state index in [-0.39, 0.29) is 11.9 Å². The van der Waals surface area contributed by atoms with Crippen LogP contribution in [-0.4, -0.2) is 43.3 Å². The van der Waals surface area contributed by atoms with Gasteiger partial charge >= 0.3 is 0 Å². The molecule has 0 saturated carbocycles. The molecule has 0 N–H and O–H groups in total. The SMILES string of the molecule is CC(C)N1CCOC(COc2cccc(F)c2)C1. The number of nitrogens with zero attached hydrogens (tertiary/aromatic N) is 1. The van der Waals surface area contributed by atoms with Gasteiger partial charge in [-0.3, -0.25) is 4.90 Å². The Morgan fingerprint density at radius 2 is 2.33 bits per heavy atom. The second-order valence-electron chi connectivity index (χ2n) is 4.85. The van der Waals surface area contributed by atoms with E-state index in [0.717, 1.165) is 19.7 Å². The Bertz CT molecular complexity index is 384. The number of hydrogen-bond acceptors (Lipinski definition) is 3. The van der Waals surface area contributed by atoms with Gasteiger partial charge in [0.1, 0.15) is 24.3 Å². The maximum absolute atomic E-state index is 13.0. The molecule has 18 heavy (non-hydrogen) atoms. The average Bonchev–Trinajstić information content (AvgIpc) is 2.37. The summed E-state index contributed by atoms with van der Waals surface area (Å²) in [6, 6.07) is 6.72. The highest BCUT2D eigenvalue weighted by Crippen LogP contribution is 2.14. The van der Waals surface area contributed by atoms with E-state index >= 15 is 0 Å². The first kappa shape index (κ1) is 13.3. The summed E-state index contributed by atoms with van der Waals surface area (Å²) in [6.45, 7) is 7.38. The molecule has 0 aromatic heterocycles. The predicted octanol–water partition coefficient (Wildman–Crippen LogP) is 2.31. The van der Waals surface area contributed by atoms with Gasteiger partial charge in [0, 0.05) is 25.2 Å². The number of benzene rings is 1. The van der Waals surface area contributed by atoms with Crippen molar-refractivity contribution in [3.05, 3.63) is 30.1 Å². The van der Waals surface area contributed by atoms with Gasteiger partial charge in [-0.2, -0.15) is 0 Å². The third-order valence-corrected chi connectivity index (χ3v) is 3.13. The molecule has 0 spiro atoms. The maximum Gasteiger partial charge on any atom is 0.126 e. The van der Waals surface area contributed by atoms with Gasteiger partial charge in [-0.25, -0.2) is 4.39 Å². The van der Waals surface area contributed by atoms with Crippen molar-refractivity contribution in [2.24, 2.45) is 0 Å². The van der Waals surface area contributed by atoms with E-state index in [1.54, 1.807) is 12.1 Å². The van der Waals surface area contributed by atoms with Gasteiger partial charge in [0.05, 0.1) is 6.61 Å². The van der Waals surface area contributed by atoms with Gasteiger partial charge in [0.2, 0.25) is 0 Å². The third kappa shape index (κ3) is 3.68. The van der Waals surface area contributed by atoms with E-state index < -0.39 is 0 Å². The molecule has 0 radical (unpaired) electrons. The van der Waals surface area contributed by atoms with E-state index in [1.165, 1.54) is 12.1 Å². The fourth-order valence-electron chi connectivity index (χ4n) is 2.06. The number of morpholine rings is 1. The zero-order chi connectivity index (χ0) is 13.0.